The van der Waals surface area contributed by atoms with Crippen LogP contribution in [0.25, 0.3) is 0 Å². The summed E-state index contributed by atoms with van der Waals surface area (Å²) in [5.41, 5.74) is 1.64. The highest BCUT2D eigenvalue weighted by Crippen LogP contribution is 2.40. The van der Waals surface area contributed by atoms with Crippen LogP contribution >= 0.6 is 0 Å². The maximum atomic E-state index is 14.5. The van der Waals surface area contributed by atoms with Gasteiger partial charge in [0.25, 0.3) is 0 Å². The van der Waals surface area contributed by atoms with Gasteiger partial charge >= 0.3 is 0 Å². The average molecular weight is 327 g/mol. The predicted octanol–water partition coefficient (Wildman–Crippen LogP) is 4.23. The van der Waals surface area contributed by atoms with Crippen molar-refractivity contribution in [3.8, 4) is 0 Å². The van der Waals surface area contributed by atoms with Gasteiger partial charge in [-0.05, 0) is 68.7 Å². The normalized spacial score (nSPS) is 19.3. The Morgan fingerprint density at radius 3 is 2.45 bits per heavy atom. The van der Waals surface area contributed by atoms with Gasteiger partial charge in [0.15, 0.2) is 0 Å². The number of nitrogens with one attached hydrogen (secondary N) is 1. The van der Waals surface area contributed by atoms with E-state index in [1.54, 1.807) is 32.9 Å². The van der Waals surface area contributed by atoms with Gasteiger partial charge in [0.2, 0.25) is 10.0 Å². The predicted molar refractivity (Wildman–Crippen MR) is 87.4 cm³/mol. The Labute approximate surface area is 133 Å². The molecule has 0 radical (unpaired) electrons. The molecule has 0 heterocycles. The van der Waals surface area contributed by atoms with Crippen LogP contribution in [0.15, 0.2) is 17.0 Å². The van der Waals surface area contributed by atoms with E-state index in [1.807, 2.05) is 13.8 Å². The van der Waals surface area contributed by atoms with Crippen molar-refractivity contribution in [2.45, 2.75) is 76.4 Å². The number of hydrogen-bond donors (Lipinski definition) is 1. The lowest BCUT2D eigenvalue weighted by Crippen LogP contribution is -2.41. The SMILES string of the molecule is CC(C)c1ccc(S(=O)(=O)NC(C)(C)C)c2c1C(F)CCC2. The molecule has 0 bridgehead atoms. The molecule has 0 saturated carbocycles. The van der Waals surface area contributed by atoms with Crippen molar-refractivity contribution in [3.63, 3.8) is 0 Å². The van der Waals surface area contributed by atoms with Crippen molar-refractivity contribution in [3.05, 3.63) is 28.8 Å². The maximum Gasteiger partial charge on any atom is 0.241 e. The van der Waals surface area contributed by atoms with Crippen LogP contribution in [0.5, 0.6) is 0 Å². The van der Waals surface area contributed by atoms with Crippen LogP contribution in [-0.2, 0) is 16.4 Å². The van der Waals surface area contributed by atoms with Gasteiger partial charge < -0.3 is 0 Å². The molecule has 3 nitrogen and oxygen atoms in total. The molecule has 1 aromatic carbocycles. The first-order valence-electron chi connectivity index (χ1n) is 7.86. The summed E-state index contributed by atoms with van der Waals surface area (Å²) in [5, 5.41) is 0. The van der Waals surface area contributed by atoms with Crippen molar-refractivity contribution >= 4 is 10.0 Å². The van der Waals surface area contributed by atoms with Gasteiger partial charge in [-0.2, -0.15) is 0 Å². The lowest BCUT2D eigenvalue weighted by atomic mass is 9.83. The van der Waals surface area contributed by atoms with Gasteiger partial charge in [0, 0.05) is 5.54 Å². The number of hydrogen-bond acceptors (Lipinski definition) is 2. The number of alkyl halides is 1. The van der Waals surface area contributed by atoms with E-state index in [9.17, 15) is 12.8 Å². The number of benzene rings is 1. The molecule has 2 rings (SSSR count). The van der Waals surface area contributed by atoms with Crippen LogP contribution in [0.1, 0.15) is 76.2 Å². The second kappa shape index (κ2) is 5.93. The van der Waals surface area contributed by atoms with Gasteiger partial charge in [-0.1, -0.05) is 19.9 Å². The van der Waals surface area contributed by atoms with Gasteiger partial charge in [-0.15, -0.1) is 0 Å². The quantitative estimate of drug-likeness (QED) is 0.903. The van der Waals surface area contributed by atoms with Crippen molar-refractivity contribution in [1.29, 1.82) is 0 Å². The van der Waals surface area contributed by atoms with Crippen molar-refractivity contribution < 1.29 is 12.8 Å². The highest BCUT2D eigenvalue weighted by Gasteiger charge is 2.31. The molecule has 0 saturated heterocycles. The Hall–Kier alpha value is -0.940. The molecule has 0 spiro atoms. The van der Waals surface area contributed by atoms with E-state index >= 15 is 0 Å². The van der Waals surface area contributed by atoms with Crippen molar-refractivity contribution in [2.24, 2.45) is 0 Å². The van der Waals surface area contributed by atoms with Gasteiger partial charge in [-0.25, -0.2) is 17.5 Å². The zero-order valence-corrected chi connectivity index (χ0v) is 14.8. The minimum absolute atomic E-state index is 0.178. The molecule has 5 heteroatoms. The van der Waals surface area contributed by atoms with Crippen LogP contribution in [0.3, 0.4) is 0 Å². The van der Waals surface area contributed by atoms with E-state index < -0.39 is 21.7 Å². The molecule has 0 fully saturated rings. The number of rotatable bonds is 3. The Morgan fingerprint density at radius 2 is 1.91 bits per heavy atom. The molecular weight excluding hydrogens is 301 g/mol. The first-order valence-corrected chi connectivity index (χ1v) is 9.35. The van der Waals surface area contributed by atoms with Crippen LogP contribution in [0.2, 0.25) is 0 Å². The van der Waals surface area contributed by atoms with Gasteiger partial charge in [0.1, 0.15) is 6.17 Å². The minimum Gasteiger partial charge on any atom is -0.242 e. The van der Waals surface area contributed by atoms with Gasteiger partial charge in [-0.3, -0.25) is 0 Å². The fourth-order valence-electron chi connectivity index (χ4n) is 3.11. The summed E-state index contributed by atoms with van der Waals surface area (Å²) >= 11 is 0. The molecule has 22 heavy (non-hydrogen) atoms. The summed E-state index contributed by atoms with van der Waals surface area (Å²) in [6.45, 7) is 9.43. The Bertz CT molecular complexity index is 660. The summed E-state index contributed by atoms with van der Waals surface area (Å²) in [4.78, 5) is 0.240. The van der Waals surface area contributed by atoms with E-state index in [0.717, 1.165) is 5.56 Å². The Kier molecular flexibility index (Phi) is 4.69. The molecule has 1 unspecified atom stereocenters. The number of halogens is 1. The molecule has 0 aromatic heterocycles. The molecule has 124 valence electrons. The monoisotopic (exact) mass is 327 g/mol. The molecule has 1 aromatic rings. The smallest absolute Gasteiger partial charge is 0.241 e. The Balaban J connectivity index is 2.62. The van der Waals surface area contributed by atoms with Crippen molar-refractivity contribution in [2.75, 3.05) is 0 Å². The van der Waals surface area contributed by atoms with E-state index in [2.05, 4.69) is 4.72 Å². The highest BCUT2D eigenvalue weighted by molar-refractivity contribution is 7.89. The maximum absolute atomic E-state index is 14.5. The number of fused-ring (bicyclic) bond motifs is 1. The fourth-order valence-corrected chi connectivity index (χ4v) is 4.81. The third-order valence-corrected chi connectivity index (χ3v) is 5.74. The molecule has 1 aliphatic rings. The van der Waals surface area contributed by atoms with E-state index in [1.165, 1.54) is 0 Å². The zero-order valence-electron chi connectivity index (χ0n) is 14.0. The van der Waals surface area contributed by atoms with Crippen molar-refractivity contribution in [1.82, 2.24) is 4.72 Å². The Morgan fingerprint density at radius 1 is 1.27 bits per heavy atom. The molecule has 1 N–H and O–H groups in total. The standard InChI is InChI=1S/C17H26FNO2S/c1-11(2)12-9-10-15(22(20,21)19-17(3,4)5)13-7-6-8-14(18)16(12)13/h9-11,14,19H,6-8H2,1-5H3. The van der Waals surface area contributed by atoms with Gasteiger partial charge in [0.05, 0.1) is 4.90 Å². The zero-order chi connectivity index (χ0) is 16.7. The van der Waals surface area contributed by atoms with Crippen LogP contribution in [0.4, 0.5) is 4.39 Å². The average Bonchev–Trinajstić information content (AvgIpc) is 2.34. The summed E-state index contributed by atoms with van der Waals surface area (Å²) in [5.74, 6) is 0.178. The topological polar surface area (TPSA) is 46.2 Å². The molecule has 0 aliphatic heterocycles. The summed E-state index contributed by atoms with van der Waals surface area (Å²) in [7, 11) is -3.64. The molecule has 0 amide bonds. The summed E-state index contributed by atoms with van der Waals surface area (Å²) in [6, 6.07) is 3.42. The lowest BCUT2D eigenvalue weighted by molar-refractivity contribution is 0.298. The third-order valence-electron chi connectivity index (χ3n) is 3.90. The van der Waals surface area contributed by atoms with Crippen LogP contribution in [-0.4, -0.2) is 14.0 Å². The second-order valence-corrected chi connectivity index (χ2v) is 9.07. The highest BCUT2D eigenvalue weighted by atomic mass is 32.2. The second-order valence-electron chi connectivity index (χ2n) is 7.42. The molecular formula is C17H26FNO2S. The first kappa shape index (κ1) is 17.4. The van der Waals surface area contributed by atoms with E-state index in [-0.39, 0.29) is 10.8 Å². The molecule has 1 aliphatic carbocycles. The summed E-state index contributed by atoms with van der Waals surface area (Å²) in [6.07, 6.45) is 0.721. The van der Waals surface area contributed by atoms with E-state index in [4.69, 9.17) is 0 Å². The molecule has 1 atom stereocenters. The van der Waals surface area contributed by atoms with Crippen LogP contribution in [0, 0.1) is 0 Å². The largest absolute Gasteiger partial charge is 0.242 e. The lowest BCUT2D eigenvalue weighted by Gasteiger charge is -2.28. The first-order chi connectivity index (χ1) is 10.0. The summed E-state index contributed by atoms with van der Waals surface area (Å²) < 4.78 is 42.5. The third kappa shape index (κ3) is 3.51. The van der Waals surface area contributed by atoms with E-state index in [0.29, 0.717) is 30.4 Å². The fraction of sp³-hybridized carbons (Fsp3) is 0.647. The van der Waals surface area contributed by atoms with Crippen LogP contribution < -0.4 is 4.72 Å². The number of sulfonamides is 1. The minimum atomic E-state index is -3.64.